The maximum absolute atomic E-state index is 13.6. The van der Waals surface area contributed by atoms with Gasteiger partial charge in [-0.15, -0.1) is 0 Å². The Labute approximate surface area is 240 Å². The maximum atomic E-state index is 13.6. The summed E-state index contributed by atoms with van der Waals surface area (Å²) < 4.78 is 0. The third-order valence-electron chi connectivity index (χ3n) is 7.47. The molecule has 0 radical (unpaired) electrons. The predicted octanol–water partition coefficient (Wildman–Crippen LogP) is 6.66. The van der Waals surface area contributed by atoms with Gasteiger partial charge in [0.25, 0.3) is 5.91 Å². The van der Waals surface area contributed by atoms with Crippen molar-refractivity contribution in [2.45, 2.75) is 13.8 Å². The van der Waals surface area contributed by atoms with E-state index in [1.807, 2.05) is 80.6 Å². The van der Waals surface area contributed by atoms with Gasteiger partial charge in [-0.3, -0.25) is 4.79 Å². The van der Waals surface area contributed by atoms with Crippen LogP contribution in [0.3, 0.4) is 0 Å². The zero-order chi connectivity index (χ0) is 28.3. The summed E-state index contributed by atoms with van der Waals surface area (Å²) >= 11 is 0. The van der Waals surface area contributed by atoms with E-state index in [0.29, 0.717) is 11.5 Å². The van der Waals surface area contributed by atoms with Gasteiger partial charge in [0.2, 0.25) is 5.95 Å². The molecule has 1 aliphatic heterocycles. The first-order chi connectivity index (χ1) is 19.9. The molecule has 6 rings (SSSR count). The lowest BCUT2D eigenvalue weighted by molar-refractivity contribution is 0.102. The summed E-state index contributed by atoms with van der Waals surface area (Å²) in [5.74, 6) is 0.392. The summed E-state index contributed by atoms with van der Waals surface area (Å²) in [6.45, 7) is 7.63. The van der Waals surface area contributed by atoms with Crippen LogP contribution in [0, 0.1) is 13.8 Å². The van der Waals surface area contributed by atoms with Crippen LogP contribution in [0.2, 0.25) is 0 Å². The van der Waals surface area contributed by atoms with E-state index in [-0.39, 0.29) is 5.91 Å². The molecular formula is C34H34N6O. The molecule has 2 N–H and O–H groups in total. The zero-order valence-corrected chi connectivity index (χ0v) is 23.7. The van der Waals surface area contributed by atoms with E-state index >= 15 is 0 Å². The summed E-state index contributed by atoms with van der Waals surface area (Å²) in [6, 6.07) is 30.2. The highest BCUT2D eigenvalue weighted by molar-refractivity contribution is 6.08. The quantitative estimate of drug-likeness (QED) is 0.250. The summed E-state index contributed by atoms with van der Waals surface area (Å²) in [7, 11) is 2.13. The number of likely N-dealkylation sites (N-methyl/N-ethyl adjacent to an activating group) is 1. The Balaban J connectivity index is 1.36. The van der Waals surface area contributed by atoms with E-state index in [2.05, 4.69) is 51.7 Å². The van der Waals surface area contributed by atoms with Gasteiger partial charge < -0.3 is 20.4 Å². The van der Waals surface area contributed by atoms with Crippen LogP contribution in [0.5, 0.6) is 0 Å². The molecule has 5 aromatic rings. The molecule has 0 aliphatic carbocycles. The van der Waals surface area contributed by atoms with Gasteiger partial charge in [-0.25, -0.2) is 9.97 Å². The van der Waals surface area contributed by atoms with E-state index < -0.39 is 0 Å². The Morgan fingerprint density at radius 1 is 0.756 bits per heavy atom. The van der Waals surface area contributed by atoms with Crippen molar-refractivity contribution in [3.63, 3.8) is 0 Å². The van der Waals surface area contributed by atoms with E-state index in [9.17, 15) is 4.79 Å². The van der Waals surface area contributed by atoms with Crippen molar-refractivity contribution in [1.82, 2.24) is 14.9 Å². The van der Waals surface area contributed by atoms with Crippen molar-refractivity contribution in [3.05, 3.63) is 108 Å². The number of nitrogens with zero attached hydrogens (tertiary/aromatic N) is 4. The summed E-state index contributed by atoms with van der Waals surface area (Å²) in [5.41, 5.74) is 8.18. The van der Waals surface area contributed by atoms with Crippen molar-refractivity contribution >= 4 is 39.8 Å². The highest BCUT2D eigenvalue weighted by Gasteiger charge is 2.22. The molecule has 0 saturated carbocycles. The number of rotatable bonds is 6. The molecule has 1 aromatic heterocycles. The molecule has 0 atom stereocenters. The molecule has 41 heavy (non-hydrogen) atoms. The van der Waals surface area contributed by atoms with E-state index in [0.717, 1.165) is 76.5 Å². The van der Waals surface area contributed by atoms with Gasteiger partial charge in [0.15, 0.2) is 0 Å². The molecule has 0 bridgehead atoms. The molecule has 7 nitrogen and oxygen atoms in total. The Hall–Kier alpha value is -4.75. The van der Waals surface area contributed by atoms with Crippen LogP contribution >= 0.6 is 0 Å². The molecule has 1 saturated heterocycles. The number of carbonyl (C=O) groups is 1. The average Bonchev–Trinajstić information content (AvgIpc) is 2.97. The second-order valence-electron chi connectivity index (χ2n) is 10.8. The van der Waals surface area contributed by atoms with Crippen molar-refractivity contribution in [1.29, 1.82) is 0 Å². The van der Waals surface area contributed by atoms with E-state index in [1.165, 1.54) is 0 Å². The van der Waals surface area contributed by atoms with Gasteiger partial charge in [-0.1, -0.05) is 54.6 Å². The molecule has 4 aromatic carbocycles. The summed E-state index contributed by atoms with van der Waals surface area (Å²) in [5, 5.41) is 7.56. The number of hydrogen-bond donors (Lipinski definition) is 2. The minimum absolute atomic E-state index is 0.121. The molecule has 1 fully saturated rings. The maximum Gasteiger partial charge on any atom is 0.257 e. The number of benzene rings is 4. The fourth-order valence-electron chi connectivity index (χ4n) is 5.43. The molecule has 206 valence electrons. The molecule has 7 heteroatoms. The number of amides is 1. The van der Waals surface area contributed by atoms with E-state index in [1.54, 1.807) is 0 Å². The number of para-hydroxylation sites is 1. The normalized spacial score (nSPS) is 13.8. The first-order valence-corrected chi connectivity index (χ1v) is 14.0. The first-order valence-electron chi connectivity index (χ1n) is 14.0. The summed E-state index contributed by atoms with van der Waals surface area (Å²) in [4.78, 5) is 27.9. The minimum atomic E-state index is -0.121. The van der Waals surface area contributed by atoms with Gasteiger partial charge in [-0.05, 0) is 68.4 Å². The van der Waals surface area contributed by atoms with Gasteiger partial charge >= 0.3 is 0 Å². The molecule has 0 spiro atoms. The average molecular weight is 543 g/mol. The summed E-state index contributed by atoms with van der Waals surface area (Å²) in [6.07, 6.45) is 0. The first kappa shape index (κ1) is 26.5. The van der Waals surface area contributed by atoms with Crippen molar-refractivity contribution in [3.8, 4) is 11.3 Å². The van der Waals surface area contributed by atoms with Crippen molar-refractivity contribution in [2.75, 3.05) is 48.8 Å². The predicted molar refractivity (Wildman–Crippen MR) is 168 cm³/mol. The topological polar surface area (TPSA) is 73.4 Å². The number of carbonyl (C=O) groups excluding carboxylic acids is 1. The number of fused-ring (bicyclic) bond motifs is 1. The number of anilines is 4. The van der Waals surface area contributed by atoms with Gasteiger partial charge in [-0.2, -0.15) is 0 Å². The fourth-order valence-corrected chi connectivity index (χ4v) is 5.43. The second kappa shape index (κ2) is 11.4. The largest absolute Gasteiger partial charge is 0.368 e. The number of aryl methyl sites for hydroxylation is 2. The van der Waals surface area contributed by atoms with Crippen molar-refractivity contribution < 1.29 is 4.79 Å². The molecule has 1 amide bonds. The number of piperazine rings is 1. The molecule has 2 heterocycles. The molecular weight excluding hydrogens is 508 g/mol. The number of nitrogens with one attached hydrogen (secondary N) is 2. The lowest BCUT2D eigenvalue weighted by Gasteiger charge is -2.35. The van der Waals surface area contributed by atoms with Crippen molar-refractivity contribution in [2.24, 2.45) is 0 Å². The van der Waals surface area contributed by atoms with Crippen LogP contribution in [0.1, 0.15) is 21.5 Å². The third-order valence-corrected chi connectivity index (χ3v) is 7.47. The Kier molecular flexibility index (Phi) is 7.35. The van der Waals surface area contributed by atoms with Crippen LogP contribution in [0.25, 0.3) is 22.2 Å². The lowest BCUT2D eigenvalue weighted by Crippen LogP contribution is -2.45. The standard InChI is InChI=1S/C34H34N6O/c1-23-19-24(2)21-27(20-23)35-33(41)29-14-13-26(22-31(29)40-17-15-39(3)16-18-40)36-34-37-30-12-8-7-11-28(30)32(38-34)25-9-5-4-6-10-25/h4-14,19-22H,15-18H2,1-3H3,(H,35,41)(H,36,37,38). The van der Waals surface area contributed by atoms with Gasteiger partial charge in [0.05, 0.1) is 22.5 Å². The fraction of sp³-hybridized carbons (Fsp3) is 0.206. The minimum Gasteiger partial charge on any atom is -0.368 e. The van der Waals surface area contributed by atoms with Crippen LogP contribution in [0.4, 0.5) is 23.0 Å². The molecule has 0 unspecified atom stereocenters. The zero-order valence-electron chi connectivity index (χ0n) is 23.7. The highest BCUT2D eigenvalue weighted by atomic mass is 16.1. The van der Waals surface area contributed by atoms with Crippen LogP contribution in [-0.4, -0.2) is 54.0 Å². The van der Waals surface area contributed by atoms with Crippen LogP contribution in [0.15, 0.2) is 91.0 Å². The van der Waals surface area contributed by atoms with Crippen LogP contribution in [-0.2, 0) is 0 Å². The lowest BCUT2D eigenvalue weighted by atomic mass is 10.1. The Morgan fingerprint density at radius 2 is 1.46 bits per heavy atom. The Bertz CT molecular complexity index is 1690. The second-order valence-corrected chi connectivity index (χ2v) is 10.8. The van der Waals surface area contributed by atoms with Gasteiger partial charge in [0, 0.05) is 48.5 Å². The number of aromatic nitrogens is 2. The molecule has 1 aliphatic rings. The van der Waals surface area contributed by atoms with Gasteiger partial charge in [0.1, 0.15) is 0 Å². The number of hydrogen-bond acceptors (Lipinski definition) is 6. The SMILES string of the molecule is Cc1cc(C)cc(NC(=O)c2ccc(Nc3nc(-c4ccccc4)c4ccccc4n3)cc2N2CCN(C)CC2)c1. The smallest absolute Gasteiger partial charge is 0.257 e. The van der Waals surface area contributed by atoms with E-state index in [4.69, 9.17) is 9.97 Å². The monoisotopic (exact) mass is 542 g/mol. The highest BCUT2D eigenvalue weighted by Crippen LogP contribution is 2.31. The van der Waals surface area contributed by atoms with Crippen LogP contribution < -0.4 is 15.5 Å². The third kappa shape index (κ3) is 5.90. The Morgan fingerprint density at radius 3 is 2.22 bits per heavy atom.